The fourth-order valence-corrected chi connectivity index (χ4v) is 6.65. The summed E-state index contributed by atoms with van der Waals surface area (Å²) in [6, 6.07) is 17.9. The minimum atomic E-state index is 0.127. The van der Waals surface area contributed by atoms with Crippen molar-refractivity contribution in [3.63, 3.8) is 0 Å². The van der Waals surface area contributed by atoms with Crippen LogP contribution in [0.2, 0.25) is 5.02 Å². The number of nitrogens with one attached hydrogen (secondary N) is 1. The van der Waals surface area contributed by atoms with Crippen LogP contribution in [-0.2, 0) is 11.2 Å². The first kappa shape index (κ1) is 25.6. The van der Waals surface area contributed by atoms with Crippen molar-refractivity contribution < 1.29 is 9.21 Å². The van der Waals surface area contributed by atoms with Crippen LogP contribution in [-0.4, -0.2) is 62.0 Å². The smallest absolute Gasteiger partial charge is 0.222 e. The molecule has 2 aromatic carbocycles. The first-order chi connectivity index (χ1) is 18.0. The summed E-state index contributed by atoms with van der Waals surface area (Å²) in [5, 5.41) is 16.9. The van der Waals surface area contributed by atoms with E-state index in [0.29, 0.717) is 29.4 Å². The highest BCUT2D eigenvalue weighted by Gasteiger charge is 2.17. The molecular weight excluding hydrogens is 528 g/mol. The molecule has 0 aliphatic carbocycles. The van der Waals surface area contributed by atoms with E-state index in [9.17, 15) is 4.79 Å². The van der Waals surface area contributed by atoms with Crippen molar-refractivity contribution in [1.82, 2.24) is 30.5 Å². The molecule has 0 spiro atoms. The van der Waals surface area contributed by atoms with Gasteiger partial charge in [0.15, 0.2) is 11.6 Å². The number of benzene rings is 2. The minimum absolute atomic E-state index is 0.127. The summed E-state index contributed by atoms with van der Waals surface area (Å²) in [6.45, 7) is 0. The lowest BCUT2D eigenvalue weighted by Gasteiger charge is -2.17. The van der Waals surface area contributed by atoms with Gasteiger partial charge in [0.1, 0.15) is 11.3 Å². The molecule has 0 aliphatic rings. The highest BCUT2D eigenvalue weighted by Crippen LogP contribution is 2.41. The predicted molar refractivity (Wildman–Crippen MR) is 151 cm³/mol. The Morgan fingerprint density at radius 3 is 2.70 bits per heavy atom. The molecule has 8 nitrogen and oxygen atoms in total. The summed E-state index contributed by atoms with van der Waals surface area (Å²) in [5.41, 5.74) is 3.55. The third-order valence-electron chi connectivity index (χ3n) is 5.79. The van der Waals surface area contributed by atoms with Gasteiger partial charge in [-0.15, -0.1) is 33.7 Å². The zero-order chi connectivity index (χ0) is 25.8. The molecular formula is C26H25ClN6O2S2. The summed E-state index contributed by atoms with van der Waals surface area (Å²) in [7, 11) is 3.57. The molecule has 5 aromatic rings. The van der Waals surface area contributed by atoms with Crippen LogP contribution in [0.5, 0.6) is 0 Å². The number of carbonyl (C=O) groups is 1. The number of aromatic nitrogens is 5. The van der Waals surface area contributed by atoms with Gasteiger partial charge in [0.25, 0.3) is 0 Å². The Balaban J connectivity index is 1.37. The van der Waals surface area contributed by atoms with Crippen LogP contribution in [0.1, 0.15) is 22.4 Å². The minimum Gasteiger partial charge on any atom is -0.454 e. The van der Waals surface area contributed by atoms with E-state index >= 15 is 0 Å². The number of carbonyl (C=O) groups excluding carboxylic acids is 1. The summed E-state index contributed by atoms with van der Waals surface area (Å²) in [4.78, 5) is 18.5. The quantitative estimate of drug-likeness (QED) is 0.210. The number of halogens is 1. The second kappa shape index (κ2) is 11.5. The molecule has 3 aromatic heterocycles. The average Bonchev–Trinajstić information content (AvgIpc) is 3.56. The van der Waals surface area contributed by atoms with E-state index in [1.807, 2.05) is 54.2 Å². The zero-order valence-corrected chi connectivity index (χ0v) is 22.7. The highest BCUT2D eigenvalue weighted by molar-refractivity contribution is 8.16. The maximum absolute atomic E-state index is 12.1. The van der Waals surface area contributed by atoms with Crippen LogP contribution >= 0.6 is 35.1 Å². The molecule has 0 saturated heterocycles. The van der Waals surface area contributed by atoms with Gasteiger partial charge in [0.05, 0.1) is 10.1 Å². The third-order valence-corrected chi connectivity index (χ3v) is 8.87. The van der Waals surface area contributed by atoms with Gasteiger partial charge < -0.3 is 9.32 Å². The fourth-order valence-electron chi connectivity index (χ4n) is 3.83. The molecule has 0 aliphatic heterocycles. The molecule has 1 unspecified atom stereocenters. The van der Waals surface area contributed by atoms with E-state index in [1.165, 1.54) is 5.56 Å². The molecule has 1 atom stereocenters. The first-order valence-electron chi connectivity index (χ1n) is 11.7. The van der Waals surface area contributed by atoms with Crippen molar-refractivity contribution in [2.24, 2.45) is 0 Å². The van der Waals surface area contributed by atoms with Crippen LogP contribution in [0.3, 0.4) is 0 Å². The van der Waals surface area contributed by atoms with E-state index in [4.69, 9.17) is 21.0 Å². The monoisotopic (exact) mass is 552 g/mol. The lowest BCUT2D eigenvalue weighted by atomic mass is 10.1. The Morgan fingerprint density at radius 1 is 1.05 bits per heavy atom. The average molecular weight is 553 g/mol. The molecule has 0 bridgehead atoms. The lowest BCUT2D eigenvalue weighted by molar-refractivity contribution is -0.128. The Hall–Kier alpha value is -3.08. The first-order valence-corrected chi connectivity index (χ1v) is 14.2. The molecule has 37 heavy (non-hydrogen) atoms. The Morgan fingerprint density at radius 2 is 1.89 bits per heavy atom. The number of aryl methyl sites for hydroxylation is 1. The van der Waals surface area contributed by atoms with Crippen LogP contribution < -0.4 is 0 Å². The number of pyridine rings is 1. The molecule has 1 amide bonds. The Bertz CT molecular complexity index is 1520. The SMILES string of the molecule is CN(C)C(=O)CCSC(SCCc1nn[nH]n1)c1ccc2oc(-c3ccc4ccc(Cl)cc4n3)cc2c1. The predicted octanol–water partition coefficient (Wildman–Crippen LogP) is 6.00. The normalized spacial score (nSPS) is 12.3. The van der Waals surface area contributed by atoms with Crippen molar-refractivity contribution >= 4 is 62.9 Å². The van der Waals surface area contributed by atoms with Crippen molar-refractivity contribution in [3.05, 3.63) is 71.0 Å². The number of rotatable bonds is 10. The molecule has 3 heterocycles. The topological polar surface area (TPSA) is 101 Å². The van der Waals surface area contributed by atoms with Crippen molar-refractivity contribution in [2.45, 2.75) is 17.4 Å². The number of thioether (sulfide) groups is 2. The number of furan rings is 1. The van der Waals surface area contributed by atoms with E-state index in [0.717, 1.165) is 39.1 Å². The number of fused-ring (bicyclic) bond motifs is 2. The molecule has 0 radical (unpaired) electrons. The Labute approximate surface area is 227 Å². The standard InChI is InChI=1S/C26H25ClN6O2S2/c1-33(2)25(34)10-12-37-26(36-11-9-24-29-31-32-30-24)17-5-8-22-18(13-17)14-23(35-22)20-7-4-16-3-6-19(27)15-21(16)28-20/h3-8,13-15,26H,9-12H2,1-2H3,(H,29,30,31,32). The van der Waals surface area contributed by atoms with Crippen LogP contribution in [0.4, 0.5) is 0 Å². The molecule has 0 fully saturated rings. The van der Waals surface area contributed by atoms with E-state index in [1.54, 1.807) is 30.8 Å². The van der Waals surface area contributed by atoms with Crippen molar-refractivity contribution in [2.75, 3.05) is 25.6 Å². The largest absolute Gasteiger partial charge is 0.454 e. The molecule has 11 heteroatoms. The van der Waals surface area contributed by atoms with Crippen LogP contribution in [0.25, 0.3) is 33.3 Å². The summed E-state index contributed by atoms with van der Waals surface area (Å²) in [5.74, 6) is 3.09. The van der Waals surface area contributed by atoms with Gasteiger partial charge in [-0.3, -0.25) is 4.79 Å². The van der Waals surface area contributed by atoms with Crippen molar-refractivity contribution in [1.29, 1.82) is 0 Å². The number of nitrogens with zero attached hydrogens (tertiary/aromatic N) is 5. The molecule has 0 saturated carbocycles. The van der Waals surface area contributed by atoms with Gasteiger partial charge in [-0.25, -0.2) is 4.98 Å². The van der Waals surface area contributed by atoms with Gasteiger partial charge >= 0.3 is 0 Å². The fraction of sp³-hybridized carbons (Fsp3) is 0.269. The molecule has 190 valence electrons. The Kier molecular flexibility index (Phi) is 7.97. The maximum atomic E-state index is 12.1. The third kappa shape index (κ3) is 6.26. The molecule has 1 N–H and O–H groups in total. The van der Waals surface area contributed by atoms with Gasteiger partial charge in [-0.05, 0) is 42.0 Å². The van der Waals surface area contributed by atoms with E-state index < -0.39 is 0 Å². The maximum Gasteiger partial charge on any atom is 0.222 e. The van der Waals surface area contributed by atoms with Gasteiger partial charge in [-0.2, -0.15) is 5.21 Å². The summed E-state index contributed by atoms with van der Waals surface area (Å²) >= 11 is 9.74. The van der Waals surface area contributed by atoms with Gasteiger partial charge in [0, 0.05) is 54.2 Å². The number of amides is 1. The highest BCUT2D eigenvalue weighted by atomic mass is 35.5. The zero-order valence-electron chi connectivity index (χ0n) is 20.3. The van der Waals surface area contributed by atoms with E-state index in [-0.39, 0.29) is 10.5 Å². The lowest BCUT2D eigenvalue weighted by Crippen LogP contribution is -2.21. The summed E-state index contributed by atoms with van der Waals surface area (Å²) in [6.07, 6.45) is 1.21. The number of H-pyrrole nitrogens is 1. The number of hydrogen-bond donors (Lipinski definition) is 1. The number of aromatic amines is 1. The van der Waals surface area contributed by atoms with Crippen LogP contribution in [0.15, 0.2) is 59.0 Å². The van der Waals surface area contributed by atoms with Gasteiger partial charge in [0.2, 0.25) is 5.91 Å². The number of tetrazole rings is 1. The van der Waals surface area contributed by atoms with Crippen molar-refractivity contribution in [3.8, 4) is 11.5 Å². The molecule has 5 rings (SSSR count). The number of hydrogen-bond acceptors (Lipinski definition) is 8. The second-order valence-corrected chi connectivity index (χ2v) is 11.8. The van der Waals surface area contributed by atoms with E-state index in [2.05, 4.69) is 32.8 Å². The van der Waals surface area contributed by atoms with Gasteiger partial charge in [-0.1, -0.05) is 35.0 Å². The summed E-state index contributed by atoms with van der Waals surface area (Å²) < 4.78 is 6.29. The second-order valence-electron chi connectivity index (χ2n) is 8.63. The van der Waals surface area contributed by atoms with Crippen LogP contribution in [0, 0.1) is 0 Å².